The molecule has 0 saturated heterocycles. The van der Waals surface area contributed by atoms with E-state index in [1.165, 1.54) is 6.42 Å². The minimum absolute atomic E-state index is 0.118. The summed E-state index contributed by atoms with van der Waals surface area (Å²) in [5, 5.41) is 9.34. The summed E-state index contributed by atoms with van der Waals surface area (Å²) in [5.41, 5.74) is 1.59. The molecule has 1 aromatic carbocycles. The van der Waals surface area contributed by atoms with Gasteiger partial charge in [0, 0.05) is 12.6 Å². The monoisotopic (exact) mass is 311 g/mol. The minimum Gasteiger partial charge on any atom is -0.392 e. The topological polar surface area (TPSA) is 57.6 Å². The zero-order valence-corrected chi connectivity index (χ0v) is 13.7. The Morgan fingerprint density at radius 2 is 1.90 bits per heavy atom. The van der Waals surface area contributed by atoms with E-state index in [4.69, 9.17) is 0 Å². The van der Waals surface area contributed by atoms with Crippen LogP contribution in [0.3, 0.4) is 0 Å². The lowest BCUT2D eigenvalue weighted by Crippen LogP contribution is -2.41. The first-order valence-electron chi connectivity index (χ1n) is 7.73. The van der Waals surface area contributed by atoms with Crippen molar-refractivity contribution in [3.63, 3.8) is 0 Å². The summed E-state index contributed by atoms with van der Waals surface area (Å²) in [4.78, 5) is 0.296. The van der Waals surface area contributed by atoms with Crippen LogP contribution in [-0.2, 0) is 16.6 Å². The van der Waals surface area contributed by atoms with Gasteiger partial charge in [0.2, 0.25) is 10.0 Å². The molecule has 0 spiro atoms. The second-order valence-corrected chi connectivity index (χ2v) is 7.64. The van der Waals surface area contributed by atoms with E-state index in [1.807, 2.05) is 13.8 Å². The van der Waals surface area contributed by atoms with E-state index in [-0.39, 0.29) is 12.6 Å². The molecule has 1 aliphatic rings. The van der Waals surface area contributed by atoms with Crippen molar-refractivity contribution in [3.8, 4) is 0 Å². The average Bonchev–Trinajstić information content (AvgIpc) is 2.49. The lowest BCUT2D eigenvalue weighted by atomic mass is 9.95. The van der Waals surface area contributed by atoms with E-state index >= 15 is 0 Å². The van der Waals surface area contributed by atoms with Gasteiger partial charge in [0.15, 0.2) is 0 Å². The van der Waals surface area contributed by atoms with Crippen molar-refractivity contribution in [1.29, 1.82) is 0 Å². The van der Waals surface area contributed by atoms with Crippen molar-refractivity contribution in [1.82, 2.24) is 4.31 Å². The standard InChI is InChI=1S/C16H25NO3S/c1-3-17(15-7-5-4-6-8-15)21(19,20)16-10-9-13(2)14(11-16)12-18/h9-11,15,18H,3-8,12H2,1-2H3. The molecule has 0 amide bonds. The van der Waals surface area contributed by atoms with Crippen LogP contribution in [0.4, 0.5) is 0 Å². The van der Waals surface area contributed by atoms with Crippen molar-refractivity contribution in [2.75, 3.05) is 6.54 Å². The van der Waals surface area contributed by atoms with E-state index in [0.717, 1.165) is 31.2 Å². The fourth-order valence-corrected chi connectivity index (χ4v) is 4.85. The molecule has 21 heavy (non-hydrogen) atoms. The Morgan fingerprint density at radius 3 is 2.48 bits per heavy atom. The maximum Gasteiger partial charge on any atom is 0.243 e. The highest BCUT2D eigenvalue weighted by Crippen LogP contribution is 2.28. The van der Waals surface area contributed by atoms with E-state index in [1.54, 1.807) is 22.5 Å². The van der Waals surface area contributed by atoms with Crippen LogP contribution >= 0.6 is 0 Å². The Bertz CT molecular complexity index is 577. The number of benzene rings is 1. The van der Waals surface area contributed by atoms with Gasteiger partial charge in [0.25, 0.3) is 0 Å². The van der Waals surface area contributed by atoms with E-state index < -0.39 is 10.0 Å². The fraction of sp³-hybridized carbons (Fsp3) is 0.625. The minimum atomic E-state index is -3.48. The summed E-state index contributed by atoms with van der Waals surface area (Å²) in [7, 11) is -3.48. The molecule has 4 nitrogen and oxygen atoms in total. The van der Waals surface area contributed by atoms with Crippen LogP contribution < -0.4 is 0 Å². The van der Waals surface area contributed by atoms with Gasteiger partial charge in [-0.1, -0.05) is 32.3 Å². The molecule has 1 aromatic rings. The number of rotatable bonds is 5. The molecule has 1 N–H and O–H groups in total. The van der Waals surface area contributed by atoms with E-state index in [0.29, 0.717) is 17.0 Å². The molecule has 1 aliphatic carbocycles. The maximum atomic E-state index is 12.9. The third-order valence-corrected chi connectivity index (χ3v) is 6.41. The predicted molar refractivity (Wildman–Crippen MR) is 83.5 cm³/mol. The van der Waals surface area contributed by atoms with Crippen LogP contribution in [0.5, 0.6) is 0 Å². The van der Waals surface area contributed by atoms with Crippen molar-refractivity contribution >= 4 is 10.0 Å². The average molecular weight is 311 g/mol. The lowest BCUT2D eigenvalue weighted by molar-refractivity contribution is 0.261. The van der Waals surface area contributed by atoms with Gasteiger partial charge in [0.05, 0.1) is 11.5 Å². The molecule has 0 atom stereocenters. The second kappa shape index (κ2) is 6.90. The van der Waals surface area contributed by atoms with Gasteiger partial charge in [-0.15, -0.1) is 0 Å². The Morgan fingerprint density at radius 1 is 1.24 bits per heavy atom. The van der Waals surface area contributed by atoms with Gasteiger partial charge in [0.1, 0.15) is 0 Å². The molecule has 0 aliphatic heterocycles. The fourth-order valence-electron chi connectivity index (χ4n) is 3.11. The Kier molecular flexibility index (Phi) is 5.41. The molecule has 0 bridgehead atoms. The largest absolute Gasteiger partial charge is 0.392 e. The smallest absolute Gasteiger partial charge is 0.243 e. The number of hydrogen-bond donors (Lipinski definition) is 1. The molecule has 2 rings (SSSR count). The number of aliphatic hydroxyl groups excluding tert-OH is 1. The molecule has 1 saturated carbocycles. The highest BCUT2D eigenvalue weighted by Gasteiger charge is 2.31. The van der Waals surface area contributed by atoms with Gasteiger partial charge in [-0.25, -0.2) is 8.42 Å². The number of hydrogen-bond acceptors (Lipinski definition) is 3. The van der Waals surface area contributed by atoms with Crippen LogP contribution in [0.1, 0.15) is 50.2 Å². The summed E-state index contributed by atoms with van der Waals surface area (Å²) in [6, 6.07) is 5.14. The highest BCUT2D eigenvalue weighted by atomic mass is 32.2. The Labute approximate surface area is 127 Å². The molecular weight excluding hydrogens is 286 g/mol. The van der Waals surface area contributed by atoms with E-state index in [9.17, 15) is 13.5 Å². The van der Waals surface area contributed by atoms with Gasteiger partial charge in [-0.3, -0.25) is 0 Å². The van der Waals surface area contributed by atoms with Crippen molar-refractivity contribution < 1.29 is 13.5 Å². The first kappa shape index (κ1) is 16.5. The normalized spacial score (nSPS) is 17.3. The van der Waals surface area contributed by atoms with Crippen molar-refractivity contribution in [2.45, 2.75) is 63.5 Å². The molecule has 118 valence electrons. The van der Waals surface area contributed by atoms with E-state index in [2.05, 4.69) is 0 Å². The summed E-state index contributed by atoms with van der Waals surface area (Å²) in [5.74, 6) is 0. The van der Waals surface area contributed by atoms with Crippen molar-refractivity contribution in [3.05, 3.63) is 29.3 Å². The van der Waals surface area contributed by atoms with Crippen LogP contribution in [0.2, 0.25) is 0 Å². The zero-order chi connectivity index (χ0) is 15.5. The zero-order valence-electron chi connectivity index (χ0n) is 12.9. The van der Waals surface area contributed by atoms with Crippen molar-refractivity contribution in [2.24, 2.45) is 0 Å². The van der Waals surface area contributed by atoms with Crippen LogP contribution in [0.25, 0.3) is 0 Å². The summed E-state index contributed by atoms with van der Waals surface area (Å²) in [6.07, 6.45) is 5.31. The van der Waals surface area contributed by atoms with Gasteiger partial charge in [-0.05, 0) is 43.0 Å². The lowest BCUT2D eigenvalue weighted by Gasteiger charge is -2.32. The SMILES string of the molecule is CCN(C1CCCCC1)S(=O)(=O)c1ccc(C)c(CO)c1. The number of aliphatic hydroxyl groups is 1. The second-order valence-electron chi connectivity index (χ2n) is 5.75. The summed E-state index contributed by atoms with van der Waals surface area (Å²) >= 11 is 0. The van der Waals surface area contributed by atoms with Crippen LogP contribution in [0.15, 0.2) is 23.1 Å². The maximum absolute atomic E-state index is 12.9. The third-order valence-electron chi connectivity index (χ3n) is 4.39. The van der Waals surface area contributed by atoms with Crippen LogP contribution in [-0.4, -0.2) is 30.4 Å². The molecule has 1 fully saturated rings. The molecule has 5 heteroatoms. The first-order valence-corrected chi connectivity index (χ1v) is 9.17. The molecular formula is C16H25NO3S. The number of nitrogens with zero attached hydrogens (tertiary/aromatic N) is 1. The molecule has 0 unspecified atom stereocenters. The third kappa shape index (κ3) is 3.47. The quantitative estimate of drug-likeness (QED) is 0.909. The number of sulfonamides is 1. The van der Waals surface area contributed by atoms with Gasteiger partial charge in [-0.2, -0.15) is 4.31 Å². The Balaban J connectivity index is 2.34. The Hall–Kier alpha value is -0.910. The summed E-state index contributed by atoms with van der Waals surface area (Å²) < 4.78 is 27.4. The molecule has 0 heterocycles. The molecule has 0 aromatic heterocycles. The molecule has 0 radical (unpaired) electrons. The predicted octanol–water partition coefficient (Wildman–Crippen LogP) is 2.83. The number of aryl methyl sites for hydroxylation is 1. The summed E-state index contributed by atoms with van der Waals surface area (Å²) in [6.45, 7) is 4.13. The highest BCUT2D eigenvalue weighted by molar-refractivity contribution is 7.89. The first-order chi connectivity index (χ1) is 10.0. The van der Waals surface area contributed by atoms with Crippen LogP contribution in [0, 0.1) is 6.92 Å². The van der Waals surface area contributed by atoms with Gasteiger partial charge < -0.3 is 5.11 Å². The van der Waals surface area contributed by atoms with Gasteiger partial charge >= 0.3 is 0 Å².